The van der Waals surface area contributed by atoms with Crippen LogP contribution in [0.2, 0.25) is 0 Å². The smallest absolute Gasteiger partial charge is 0.229 e. The molecule has 1 N–H and O–H groups in total. The van der Waals surface area contributed by atoms with Crippen LogP contribution in [0.25, 0.3) is 0 Å². The number of aliphatic hydroxyl groups is 1. The molecular formula is C14H21N5O2S. The number of hydrogen-bond acceptors (Lipinski definition) is 8. The molecule has 0 spiro atoms. The molecule has 3 heterocycles. The molecule has 0 aliphatic carbocycles. The third-order valence-corrected chi connectivity index (χ3v) is 4.56. The van der Waals surface area contributed by atoms with E-state index in [2.05, 4.69) is 25.2 Å². The molecule has 2 aromatic rings. The molecule has 120 valence electrons. The maximum atomic E-state index is 10.9. The second-order valence-electron chi connectivity index (χ2n) is 6.25. The normalized spacial score (nSPS) is 23.3. The Hall–Kier alpha value is -1.38. The summed E-state index contributed by atoms with van der Waals surface area (Å²) < 4.78 is 5.28. The number of rotatable bonds is 5. The fraction of sp³-hybridized carbons (Fsp3) is 0.714. The standard InChI is InChI=1S/C14H21N5O2S/c1-10(2)13-16-11(21-18-13)6-14(20)4-3-5-19(8-14)7-12-17-15-9-22-12/h9-10,20H,3-8H2,1-2H3. The molecule has 1 fully saturated rings. The number of likely N-dealkylation sites (tertiary alicyclic amines) is 1. The van der Waals surface area contributed by atoms with Crippen molar-refractivity contribution in [2.24, 2.45) is 0 Å². The van der Waals surface area contributed by atoms with Gasteiger partial charge < -0.3 is 9.63 Å². The van der Waals surface area contributed by atoms with E-state index < -0.39 is 5.60 Å². The number of piperidine rings is 1. The highest BCUT2D eigenvalue weighted by molar-refractivity contribution is 7.09. The molecule has 8 heteroatoms. The lowest BCUT2D eigenvalue weighted by molar-refractivity contribution is -0.0374. The lowest BCUT2D eigenvalue weighted by Gasteiger charge is -2.38. The number of nitrogens with zero attached hydrogens (tertiary/aromatic N) is 5. The van der Waals surface area contributed by atoms with Crippen LogP contribution in [-0.2, 0) is 13.0 Å². The summed E-state index contributed by atoms with van der Waals surface area (Å²) in [7, 11) is 0. The largest absolute Gasteiger partial charge is 0.388 e. The molecule has 0 bridgehead atoms. The van der Waals surface area contributed by atoms with E-state index in [0.29, 0.717) is 24.7 Å². The van der Waals surface area contributed by atoms with Crippen molar-refractivity contribution in [3.63, 3.8) is 0 Å². The molecule has 1 aliphatic heterocycles. The molecule has 3 rings (SSSR count). The molecule has 0 aromatic carbocycles. The van der Waals surface area contributed by atoms with Crippen molar-refractivity contribution in [2.45, 2.75) is 51.2 Å². The molecule has 7 nitrogen and oxygen atoms in total. The SMILES string of the molecule is CC(C)c1noc(CC2(O)CCCN(Cc3nncs3)C2)n1. The molecular weight excluding hydrogens is 302 g/mol. The summed E-state index contributed by atoms with van der Waals surface area (Å²) in [6.45, 7) is 6.32. The molecule has 1 atom stereocenters. The molecule has 1 unspecified atom stereocenters. The number of hydrogen-bond donors (Lipinski definition) is 1. The Morgan fingerprint density at radius 3 is 3.05 bits per heavy atom. The van der Waals surface area contributed by atoms with E-state index in [9.17, 15) is 5.11 Å². The minimum absolute atomic E-state index is 0.229. The highest BCUT2D eigenvalue weighted by Crippen LogP contribution is 2.26. The first-order valence-electron chi connectivity index (χ1n) is 7.56. The van der Waals surface area contributed by atoms with Crippen LogP contribution in [0.4, 0.5) is 0 Å². The van der Waals surface area contributed by atoms with Gasteiger partial charge in [-0.05, 0) is 19.4 Å². The van der Waals surface area contributed by atoms with Crippen LogP contribution < -0.4 is 0 Å². The Morgan fingerprint density at radius 2 is 2.36 bits per heavy atom. The fourth-order valence-electron chi connectivity index (χ4n) is 2.80. The van der Waals surface area contributed by atoms with Crippen LogP contribution in [-0.4, -0.2) is 49.0 Å². The maximum Gasteiger partial charge on any atom is 0.229 e. The van der Waals surface area contributed by atoms with Crippen LogP contribution in [0.1, 0.15) is 49.3 Å². The molecule has 22 heavy (non-hydrogen) atoms. The highest BCUT2D eigenvalue weighted by Gasteiger charge is 2.35. The summed E-state index contributed by atoms with van der Waals surface area (Å²) in [5, 5.41) is 23.7. The summed E-state index contributed by atoms with van der Waals surface area (Å²) in [6, 6.07) is 0. The first kappa shape index (κ1) is 15.5. The van der Waals surface area contributed by atoms with E-state index in [1.165, 1.54) is 0 Å². The quantitative estimate of drug-likeness (QED) is 0.894. The summed E-state index contributed by atoms with van der Waals surface area (Å²) >= 11 is 1.54. The van der Waals surface area contributed by atoms with E-state index in [0.717, 1.165) is 30.9 Å². The Balaban J connectivity index is 1.63. The van der Waals surface area contributed by atoms with Crippen molar-refractivity contribution in [3.8, 4) is 0 Å². The third-order valence-electron chi connectivity index (χ3n) is 3.88. The molecule has 0 amide bonds. The first-order chi connectivity index (χ1) is 10.5. The second-order valence-corrected chi connectivity index (χ2v) is 7.17. The van der Waals surface area contributed by atoms with Crippen LogP contribution in [0.15, 0.2) is 10.0 Å². The summed E-state index contributed by atoms with van der Waals surface area (Å²) in [5.41, 5.74) is 0.918. The average molecular weight is 323 g/mol. The van der Waals surface area contributed by atoms with Crippen LogP contribution in [0, 0.1) is 0 Å². The van der Waals surface area contributed by atoms with E-state index in [1.807, 2.05) is 13.8 Å². The Bertz CT molecular complexity index is 600. The van der Waals surface area contributed by atoms with Crippen molar-refractivity contribution in [2.75, 3.05) is 13.1 Å². The van der Waals surface area contributed by atoms with Gasteiger partial charge in [-0.15, -0.1) is 21.5 Å². The van der Waals surface area contributed by atoms with Crippen molar-refractivity contribution < 1.29 is 9.63 Å². The molecule has 1 aliphatic rings. The minimum atomic E-state index is -0.816. The van der Waals surface area contributed by atoms with Gasteiger partial charge in [-0.3, -0.25) is 4.90 Å². The van der Waals surface area contributed by atoms with Crippen LogP contribution >= 0.6 is 11.3 Å². The predicted molar refractivity (Wildman–Crippen MR) is 81.5 cm³/mol. The summed E-state index contributed by atoms with van der Waals surface area (Å²) in [5.74, 6) is 1.44. The lowest BCUT2D eigenvalue weighted by atomic mass is 9.89. The van der Waals surface area contributed by atoms with Gasteiger partial charge in [-0.1, -0.05) is 19.0 Å². The zero-order valence-corrected chi connectivity index (χ0v) is 13.7. The van der Waals surface area contributed by atoms with E-state index in [-0.39, 0.29) is 5.92 Å². The van der Waals surface area contributed by atoms with Crippen molar-refractivity contribution in [1.29, 1.82) is 0 Å². The second kappa shape index (κ2) is 6.39. The zero-order chi connectivity index (χ0) is 15.6. The molecule has 0 radical (unpaired) electrons. The average Bonchev–Trinajstić information content (AvgIpc) is 3.10. The van der Waals surface area contributed by atoms with Gasteiger partial charge in [0, 0.05) is 12.5 Å². The predicted octanol–water partition coefficient (Wildman–Crippen LogP) is 1.61. The lowest BCUT2D eigenvalue weighted by Crippen LogP contribution is -2.49. The Kier molecular flexibility index (Phi) is 4.51. The van der Waals surface area contributed by atoms with Crippen molar-refractivity contribution in [1.82, 2.24) is 25.2 Å². The maximum absolute atomic E-state index is 10.9. The van der Waals surface area contributed by atoms with Crippen LogP contribution in [0.5, 0.6) is 0 Å². The van der Waals surface area contributed by atoms with Gasteiger partial charge in [-0.2, -0.15) is 4.98 Å². The number of β-amino-alcohol motifs (C(OH)–C–C–N with tert-alkyl or cyclic N) is 1. The van der Waals surface area contributed by atoms with Gasteiger partial charge in [0.25, 0.3) is 0 Å². The Morgan fingerprint density at radius 1 is 1.50 bits per heavy atom. The van der Waals surface area contributed by atoms with E-state index in [4.69, 9.17) is 4.52 Å². The van der Waals surface area contributed by atoms with Gasteiger partial charge >= 0.3 is 0 Å². The van der Waals surface area contributed by atoms with Crippen molar-refractivity contribution >= 4 is 11.3 Å². The van der Waals surface area contributed by atoms with Gasteiger partial charge in [0.05, 0.1) is 18.6 Å². The number of aromatic nitrogens is 4. The zero-order valence-electron chi connectivity index (χ0n) is 12.9. The van der Waals surface area contributed by atoms with Gasteiger partial charge in [-0.25, -0.2) is 0 Å². The van der Waals surface area contributed by atoms with E-state index >= 15 is 0 Å². The summed E-state index contributed by atoms with van der Waals surface area (Å²) in [6.07, 6.45) is 2.10. The van der Waals surface area contributed by atoms with E-state index in [1.54, 1.807) is 16.8 Å². The molecule has 2 aromatic heterocycles. The topological polar surface area (TPSA) is 88.2 Å². The van der Waals surface area contributed by atoms with Crippen molar-refractivity contribution in [3.05, 3.63) is 22.2 Å². The van der Waals surface area contributed by atoms with Crippen LogP contribution in [0.3, 0.4) is 0 Å². The minimum Gasteiger partial charge on any atom is -0.388 e. The highest BCUT2D eigenvalue weighted by atomic mass is 32.1. The molecule has 1 saturated heterocycles. The molecule has 0 saturated carbocycles. The summed E-state index contributed by atoms with van der Waals surface area (Å²) in [4.78, 5) is 6.59. The fourth-order valence-corrected chi connectivity index (χ4v) is 3.36. The van der Waals surface area contributed by atoms with Gasteiger partial charge in [0.1, 0.15) is 10.5 Å². The Labute approximate surface area is 133 Å². The first-order valence-corrected chi connectivity index (χ1v) is 8.44. The van der Waals surface area contributed by atoms with Gasteiger partial charge in [0.2, 0.25) is 5.89 Å². The monoisotopic (exact) mass is 323 g/mol. The third kappa shape index (κ3) is 3.68. The van der Waals surface area contributed by atoms with Gasteiger partial charge in [0.15, 0.2) is 5.82 Å².